The maximum atomic E-state index is 12.3. The highest BCUT2D eigenvalue weighted by molar-refractivity contribution is 6.03. The minimum absolute atomic E-state index is 0.0132. The summed E-state index contributed by atoms with van der Waals surface area (Å²) in [6.07, 6.45) is 14.5. The van der Waals surface area contributed by atoms with Crippen molar-refractivity contribution in [3.05, 3.63) is 29.8 Å². The molecule has 0 aliphatic heterocycles. The van der Waals surface area contributed by atoms with Gasteiger partial charge < -0.3 is 10.6 Å². The van der Waals surface area contributed by atoms with Crippen molar-refractivity contribution >= 4 is 17.5 Å². The number of para-hydroxylation sites is 1. The van der Waals surface area contributed by atoms with Crippen LogP contribution >= 0.6 is 0 Å². The second kappa shape index (κ2) is 15.1. The third-order valence-corrected chi connectivity index (χ3v) is 4.87. The highest BCUT2D eigenvalue weighted by Gasteiger charge is 2.13. The van der Waals surface area contributed by atoms with Crippen LogP contribution in [-0.4, -0.2) is 17.9 Å². The molecule has 2 N–H and O–H groups in total. The molecule has 0 aliphatic rings. The Kier molecular flexibility index (Phi) is 13.1. The lowest BCUT2D eigenvalue weighted by molar-refractivity contribution is -0.116. The number of unbranched alkanes of at least 4 members (excludes halogenated alkanes) is 10. The zero-order chi connectivity index (χ0) is 20.6. The van der Waals surface area contributed by atoms with Gasteiger partial charge in [-0.3, -0.25) is 9.59 Å². The number of carbonyl (C=O) groups is 2. The molecule has 0 aliphatic carbocycles. The lowest BCUT2D eigenvalue weighted by Crippen LogP contribution is -2.31. The Hall–Kier alpha value is -1.84. The van der Waals surface area contributed by atoms with Crippen molar-refractivity contribution in [2.45, 2.75) is 104 Å². The van der Waals surface area contributed by atoms with E-state index >= 15 is 0 Å². The third kappa shape index (κ3) is 11.1. The Morgan fingerprint density at radius 1 is 0.821 bits per heavy atom. The number of rotatable bonds is 15. The van der Waals surface area contributed by atoms with Crippen molar-refractivity contribution in [1.29, 1.82) is 0 Å². The first-order chi connectivity index (χ1) is 13.5. The molecule has 0 saturated heterocycles. The van der Waals surface area contributed by atoms with E-state index in [4.69, 9.17) is 0 Å². The van der Waals surface area contributed by atoms with Crippen molar-refractivity contribution < 1.29 is 9.59 Å². The molecule has 2 amide bonds. The van der Waals surface area contributed by atoms with Gasteiger partial charge in [0.25, 0.3) is 5.91 Å². The average molecular weight is 389 g/mol. The minimum Gasteiger partial charge on any atom is -0.350 e. The second-order valence-electron chi connectivity index (χ2n) is 8.01. The first-order valence-corrected chi connectivity index (χ1v) is 11.2. The molecule has 0 fully saturated rings. The molecule has 0 unspecified atom stereocenters. The van der Waals surface area contributed by atoms with E-state index < -0.39 is 0 Å². The molecule has 0 bridgehead atoms. The van der Waals surface area contributed by atoms with E-state index in [1.54, 1.807) is 12.1 Å². The maximum absolute atomic E-state index is 12.3. The molecule has 1 rings (SSSR count). The zero-order valence-electron chi connectivity index (χ0n) is 18.2. The van der Waals surface area contributed by atoms with Crippen LogP contribution in [0.25, 0.3) is 0 Å². The molecule has 158 valence electrons. The minimum atomic E-state index is -0.152. The van der Waals surface area contributed by atoms with Gasteiger partial charge in [-0.25, -0.2) is 0 Å². The van der Waals surface area contributed by atoms with Gasteiger partial charge in [-0.2, -0.15) is 0 Å². The third-order valence-electron chi connectivity index (χ3n) is 4.87. The molecule has 1 aromatic carbocycles. The summed E-state index contributed by atoms with van der Waals surface area (Å²) in [5, 5.41) is 5.77. The van der Waals surface area contributed by atoms with Gasteiger partial charge in [0.15, 0.2) is 0 Å². The molecular weight excluding hydrogens is 348 g/mol. The van der Waals surface area contributed by atoms with Crippen LogP contribution in [0.2, 0.25) is 0 Å². The fourth-order valence-electron chi connectivity index (χ4n) is 3.29. The number of hydrogen-bond acceptors (Lipinski definition) is 2. The summed E-state index contributed by atoms with van der Waals surface area (Å²) in [7, 11) is 0. The van der Waals surface area contributed by atoms with Crippen LogP contribution in [0.3, 0.4) is 0 Å². The largest absolute Gasteiger partial charge is 0.350 e. The molecule has 1 aromatic rings. The van der Waals surface area contributed by atoms with Crippen molar-refractivity contribution in [3.63, 3.8) is 0 Å². The SMILES string of the molecule is CCCCCCCCCCCCCC(=O)Nc1ccccc1C(=O)NC(C)C. The second-order valence-corrected chi connectivity index (χ2v) is 8.01. The Bertz CT molecular complexity index is 569. The number of hydrogen-bond donors (Lipinski definition) is 2. The van der Waals surface area contributed by atoms with Crippen LogP contribution in [0.4, 0.5) is 5.69 Å². The van der Waals surface area contributed by atoms with Gasteiger partial charge in [0.05, 0.1) is 11.3 Å². The van der Waals surface area contributed by atoms with Crippen molar-refractivity contribution in [3.8, 4) is 0 Å². The van der Waals surface area contributed by atoms with E-state index in [2.05, 4.69) is 17.6 Å². The van der Waals surface area contributed by atoms with Crippen LogP contribution < -0.4 is 10.6 Å². The summed E-state index contributed by atoms with van der Waals surface area (Å²) in [5.74, 6) is -0.165. The van der Waals surface area contributed by atoms with E-state index in [0.29, 0.717) is 17.7 Å². The summed E-state index contributed by atoms with van der Waals surface area (Å²) in [6.45, 7) is 6.10. The molecule has 28 heavy (non-hydrogen) atoms. The van der Waals surface area contributed by atoms with E-state index in [9.17, 15) is 9.59 Å². The Morgan fingerprint density at radius 3 is 1.93 bits per heavy atom. The number of anilines is 1. The van der Waals surface area contributed by atoms with Gasteiger partial charge in [0.1, 0.15) is 0 Å². The lowest BCUT2D eigenvalue weighted by atomic mass is 10.1. The van der Waals surface area contributed by atoms with Gasteiger partial charge in [0, 0.05) is 12.5 Å². The van der Waals surface area contributed by atoms with Gasteiger partial charge >= 0.3 is 0 Å². The molecular formula is C24H40N2O2. The predicted molar refractivity (Wildman–Crippen MR) is 119 cm³/mol. The van der Waals surface area contributed by atoms with E-state index in [1.807, 2.05) is 26.0 Å². The summed E-state index contributed by atoms with van der Waals surface area (Å²) in [5.41, 5.74) is 1.11. The van der Waals surface area contributed by atoms with Crippen molar-refractivity contribution in [1.82, 2.24) is 5.32 Å². The highest BCUT2D eigenvalue weighted by atomic mass is 16.2. The molecule has 0 spiro atoms. The highest BCUT2D eigenvalue weighted by Crippen LogP contribution is 2.17. The zero-order valence-corrected chi connectivity index (χ0v) is 18.2. The van der Waals surface area contributed by atoms with E-state index in [1.165, 1.54) is 57.8 Å². The Labute approximate surface area is 171 Å². The maximum Gasteiger partial charge on any atom is 0.253 e. The smallest absolute Gasteiger partial charge is 0.253 e. The molecule has 4 nitrogen and oxygen atoms in total. The fourth-order valence-corrected chi connectivity index (χ4v) is 3.29. The molecule has 0 radical (unpaired) electrons. The van der Waals surface area contributed by atoms with Crippen LogP contribution in [0, 0.1) is 0 Å². The summed E-state index contributed by atoms with van der Waals surface area (Å²) in [6, 6.07) is 7.25. The first kappa shape index (κ1) is 24.2. The molecule has 0 atom stereocenters. The fraction of sp³-hybridized carbons (Fsp3) is 0.667. The number of benzene rings is 1. The van der Waals surface area contributed by atoms with Crippen molar-refractivity contribution in [2.24, 2.45) is 0 Å². The molecule has 0 saturated carbocycles. The van der Waals surface area contributed by atoms with Gasteiger partial charge in [0.2, 0.25) is 5.91 Å². The number of nitrogens with one attached hydrogen (secondary N) is 2. The normalized spacial score (nSPS) is 10.9. The predicted octanol–water partition coefficient (Wildman–Crippen LogP) is 6.46. The summed E-state index contributed by atoms with van der Waals surface area (Å²) in [4.78, 5) is 24.5. The monoisotopic (exact) mass is 388 g/mol. The average Bonchev–Trinajstić information content (AvgIpc) is 2.66. The van der Waals surface area contributed by atoms with E-state index in [-0.39, 0.29) is 17.9 Å². The van der Waals surface area contributed by atoms with Gasteiger partial charge in [-0.05, 0) is 32.4 Å². The van der Waals surface area contributed by atoms with E-state index in [0.717, 1.165) is 12.8 Å². The summed E-state index contributed by atoms with van der Waals surface area (Å²) >= 11 is 0. The molecule has 0 aromatic heterocycles. The van der Waals surface area contributed by atoms with Crippen LogP contribution in [-0.2, 0) is 4.79 Å². The van der Waals surface area contributed by atoms with Crippen LogP contribution in [0.1, 0.15) is 108 Å². The Morgan fingerprint density at radius 2 is 1.36 bits per heavy atom. The summed E-state index contributed by atoms with van der Waals surface area (Å²) < 4.78 is 0. The van der Waals surface area contributed by atoms with Crippen LogP contribution in [0.5, 0.6) is 0 Å². The standard InChI is InChI=1S/C24H40N2O2/c1-4-5-6-7-8-9-10-11-12-13-14-19-23(27)26-22-18-16-15-17-21(22)24(28)25-20(2)3/h15-18,20H,4-14,19H2,1-3H3,(H,25,28)(H,26,27). The number of carbonyl (C=O) groups excluding carboxylic acids is 2. The molecule has 4 heteroatoms. The lowest BCUT2D eigenvalue weighted by Gasteiger charge is -2.13. The quantitative estimate of drug-likeness (QED) is 0.339. The van der Waals surface area contributed by atoms with Crippen molar-refractivity contribution in [2.75, 3.05) is 5.32 Å². The number of amides is 2. The van der Waals surface area contributed by atoms with Gasteiger partial charge in [-0.15, -0.1) is 0 Å². The topological polar surface area (TPSA) is 58.2 Å². The molecule has 0 heterocycles. The Balaban J connectivity index is 2.18. The van der Waals surface area contributed by atoms with Crippen LogP contribution in [0.15, 0.2) is 24.3 Å². The van der Waals surface area contributed by atoms with Gasteiger partial charge in [-0.1, -0.05) is 83.3 Å². The first-order valence-electron chi connectivity index (χ1n) is 11.2.